The van der Waals surface area contributed by atoms with E-state index in [0.717, 1.165) is 31.6 Å². The van der Waals surface area contributed by atoms with Crippen molar-refractivity contribution in [1.82, 2.24) is 5.32 Å². The number of halogens is 1. The van der Waals surface area contributed by atoms with Crippen LogP contribution in [0.3, 0.4) is 0 Å². The van der Waals surface area contributed by atoms with E-state index in [1.807, 2.05) is 19.2 Å². The van der Waals surface area contributed by atoms with Gasteiger partial charge in [0.2, 0.25) is 0 Å². The molecule has 0 saturated carbocycles. The third-order valence-corrected chi connectivity index (χ3v) is 3.39. The van der Waals surface area contributed by atoms with Crippen LogP contribution in [0.4, 0.5) is 0 Å². The maximum atomic E-state index is 6.26. The van der Waals surface area contributed by atoms with E-state index in [1.54, 1.807) is 7.11 Å². The minimum atomic E-state index is 0.165. The van der Waals surface area contributed by atoms with E-state index in [4.69, 9.17) is 25.8 Å². The van der Waals surface area contributed by atoms with Crippen molar-refractivity contribution in [2.45, 2.75) is 25.5 Å². The lowest BCUT2D eigenvalue weighted by atomic mass is 10.2. The second-order valence-corrected chi connectivity index (χ2v) is 4.99. The summed E-state index contributed by atoms with van der Waals surface area (Å²) in [6.45, 7) is 2.07. The fourth-order valence-corrected chi connectivity index (χ4v) is 2.46. The van der Waals surface area contributed by atoms with Gasteiger partial charge in [-0.25, -0.2) is 0 Å². The van der Waals surface area contributed by atoms with E-state index in [2.05, 4.69) is 5.32 Å². The Balaban J connectivity index is 2.09. The number of nitrogens with one attached hydrogen (secondary N) is 1. The fraction of sp³-hybridized carbons (Fsp3) is 0.571. The van der Waals surface area contributed by atoms with Crippen LogP contribution in [0.5, 0.6) is 11.5 Å². The van der Waals surface area contributed by atoms with Gasteiger partial charge < -0.3 is 19.5 Å². The van der Waals surface area contributed by atoms with Gasteiger partial charge in [0.25, 0.3) is 0 Å². The van der Waals surface area contributed by atoms with Crippen LogP contribution in [-0.2, 0) is 11.3 Å². The third kappa shape index (κ3) is 3.75. The Bertz CT molecular complexity index is 419. The lowest BCUT2D eigenvalue weighted by molar-refractivity contribution is 0.0670. The molecule has 1 unspecified atom stereocenters. The molecule has 4 nitrogen and oxygen atoms in total. The van der Waals surface area contributed by atoms with Crippen molar-refractivity contribution in [2.75, 3.05) is 27.4 Å². The summed E-state index contributed by atoms with van der Waals surface area (Å²) in [6, 6.07) is 3.83. The van der Waals surface area contributed by atoms with E-state index in [1.165, 1.54) is 0 Å². The molecule has 0 bridgehead atoms. The van der Waals surface area contributed by atoms with Crippen LogP contribution in [-0.4, -0.2) is 33.5 Å². The van der Waals surface area contributed by atoms with Gasteiger partial charge in [-0.1, -0.05) is 11.6 Å². The molecule has 0 radical (unpaired) electrons. The average molecular weight is 286 g/mol. The van der Waals surface area contributed by atoms with Gasteiger partial charge in [0.1, 0.15) is 6.61 Å². The number of hydrogen-bond donors (Lipinski definition) is 1. The van der Waals surface area contributed by atoms with Gasteiger partial charge in [-0.3, -0.25) is 0 Å². The molecule has 0 aliphatic carbocycles. The lowest BCUT2D eigenvalue weighted by Gasteiger charge is -2.16. The first-order chi connectivity index (χ1) is 9.24. The highest BCUT2D eigenvalue weighted by molar-refractivity contribution is 6.32. The Morgan fingerprint density at radius 2 is 2.32 bits per heavy atom. The quantitative estimate of drug-likeness (QED) is 0.872. The molecule has 1 atom stereocenters. The molecule has 1 aromatic carbocycles. The number of ether oxygens (including phenoxy) is 3. The summed E-state index contributed by atoms with van der Waals surface area (Å²) in [5.41, 5.74) is 1.06. The maximum absolute atomic E-state index is 6.26. The molecule has 1 aliphatic heterocycles. The first-order valence-corrected chi connectivity index (χ1v) is 6.87. The zero-order valence-corrected chi connectivity index (χ0v) is 12.1. The van der Waals surface area contributed by atoms with Crippen LogP contribution in [0, 0.1) is 0 Å². The first-order valence-electron chi connectivity index (χ1n) is 6.50. The van der Waals surface area contributed by atoms with Crippen LogP contribution in [0.25, 0.3) is 0 Å². The van der Waals surface area contributed by atoms with Crippen LogP contribution in [0.15, 0.2) is 12.1 Å². The minimum Gasteiger partial charge on any atom is -0.493 e. The predicted octanol–water partition coefficient (Wildman–Crippen LogP) is 2.63. The molecular formula is C14H20ClNO3. The van der Waals surface area contributed by atoms with Gasteiger partial charge in [-0.05, 0) is 37.6 Å². The summed E-state index contributed by atoms with van der Waals surface area (Å²) in [5.74, 6) is 1.26. The molecule has 2 rings (SSSR count). The Morgan fingerprint density at radius 3 is 2.95 bits per heavy atom. The average Bonchev–Trinajstić information content (AvgIpc) is 2.90. The van der Waals surface area contributed by atoms with E-state index < -0.39 is 0 Å². The molecular weight excluding hydrogens is 266 g/mol. The SMILES string of the molecule is CNCc1cc(Cl)c(OCC2CCCO2)c(OC)c1. The molecule has 106 valence electrons. The highest BCUT2D eigenvalue weighted by Crippen LogP contribution is 2.36. The summed E-state index contributed by atoms with van der Waals surface area (Å²) < 4.78 is 16.7. The van der Waals surface area contributed by atoms with Crippen molar-refractivity contribution < 1.29 is 14.2 Å². The molecule has 5 heteroatoms. The van der Waals surface area contributed by atoms with Gasteiger partial charge >= 0.3 is 0 Å². The van der Waals surface area contributed by atoms with Crippen LogP contribution >= 0.6 is 11.6 Å². The largest absolute Gasteiger partial charge is 0.493 e. The third-order valence-electron chi connectivity index (χ3n) is 3.11. The van der Waals surface area contributed by atoms with Crippen molar-refractivity contribution >= 4 is 11.6 Å². The summed E-state index contributed by atoms with van der Waals surface area (Å²) in [4.78, 5) is 0. The van der Waals surface area contributed by atoms with E-state index >= 15 is 0 Å². The number of rotatable bonds is 6. The van der Waals surface area contributed by atoms with Gasteiger partial charge in [-0.15, -0.1) is 0 Å². The standard InChI is InChI=1S/C14H20ClNO3/c1-16-8-10-6-12(15)14(13(7-10)17-2)19-9-11-4-3-5-18-11/h6-7,11,16H,3-5,8-9H2,1-2H3. The summed E-state index contributed by atoms with van der Waals surface area (Å²) in [6.07, 6.45) is 2.30. The second kappa shape index (κ2) is 6.98. The molecule has 0 aromatic heterocycles. The molecule has 0 spiro atoms. The van der Waals surface area contributed by atoms with Crippen LogP contribution < -0.4 is 14.8 Å². The maximum Gasteiger partial charge on any atom is 0.179 e. The van der Waals surface area contributed by atoms with E-state index in [-0.39, 0.29) is 6.10 Å². The minimum absolute atomic E-state index is 0.165. The number of hydrogen-bond acceptors (Lipinski definition) is 4. The normalized spacial score (nSPS) is 18.6. The molecule has 1 aromatic rings. The topological polar surface area (TPSA) is 39.7 Å². The molecule has 1 saturated heterocycles. The molecule has 0 amide bonds. The van der Waals surface area contributed by atoms with Crippen molar-refractivity contribution in [3.63, 3.8) is 0 Å². The van der Waals surface area contributed by atoms with E-state index in [9.17, 15) is 0 Å². The van der Waals surface area contributed by atoms with Crippen molar-refractivity contribution in [1.29, 1.82) is 0 Å². The van der Waals surface area contributed by atoms with Crippen molar-refractivity contribution in [2.24, 2.45) is 0 Å². The highest BCUT2D eigenvalue weighted by atomic mass is 35.5. The Labute approximate surface area is 119 Å². The number of benzene rings is 1. The van der Waals surface area contributed by atoms with Gasteiger partial charge in [0.15, 0.2) is 11.5 Å². The van der Waals surface area contributed by atoms with Crippen molar-refractivity contribution in [3.8, 4) is 11.5 Å². The first kappa shape index (κ1) is 14.4. The van der Waals surface area contributed by atoms with Crippen LogP contribution in [0.1, 0.15) is 18.4 Å². The van der Waals surface area contributed by atoms with E-state index in [0.29, 0.717) is 23.1 Å². The Hall–Kier alpha value is -0.970. The van der Waals surface area contributed by atoms with Crippen LogP contribution in [0.2, 0.25) is 5.02 Å². The number of methoxy groups -OCH3 is 1. The van der Waals surface area contributed by atoms with Crippen molar-refractivity contribution in [3.05, 3.63) is 22.7 Å². The molecule has 1 heterocycles. The lowest BCUT2D eigenvalue weighted by Crippen LogP contribution is -2.17. The molecule has 19 heavy (non-hydrogen) atoms. The fourth-order valence-electron chi connectivity index (χ4n) is 2.17. The molecule has 1 fully saturated rings. The highest BCUT2D eigenvalue weighted by Gasteiger charge is 2.18. The van der Waals surface area contributed by atoms with Gasteiger partial charge in [0, 0.05) is 13.2 Å². The van der Waals surface area contributed by atoms with Gasteiger partial charge in [0.05, 0.1) is 18.2 Å². The molecule has 1 N–H and O–H groups in total. The summed E-state index contributed by atoms with van der Waals surface area (Å²) in [7, 11) is 3.51. The summed E-state index contributed by atoms with van der Waals surface area (Å²) in [5, 5.41) is 3.66. The Kier molecular flexibility index (Phi) is 5.31. The summed E-state index contributed by atoms with van der Waals surface area (Å²) >= 11 is 6.26. The Morgan fingerprint density at radius 1 is 1.47 bits per heavy atom. The van der Waals surface area contributed by atoms with Gasteiger partial charge in [-0.2, -0.15) is 0 Å². The smallest absolute Gasteiger partial charge is 0.179 e. The second-order valence-electron chi connectivity index (χ2n) is 4.59. The molecule has 1 aliphatic rings. The zero-order chi connectivity index (χ0) is 13.7. The predicted molar refractivity (Wildman–Crippen MR) is 75.2 cm³/mol. The monoisotopic (exact) mass is 285 g/mol. The zero-order valence-electron chi connectivity index (χ0n) is 11.4.